The second kappa shape index (κ2) is 7.20. The molecule has 0 saturated heterocycles. The molecule has 0 fully saturated rings. The molecule has 2 aromatic rings. The molecule has 2 N–H and O–H groups in total. The van der Waals surface area contributed by atoms with E-state index >= 15 is 0 Å². The fourth-order valence-electron chi connectivity index (χ4n) is 1.84. The van der Waals surface area contributed by atoms with E-state index in [0.29, 0.717) is 10.6 Å². The van der Waals surface area contributed by atoms with Gasteiger partial charge in [-0.2, -0.15) is 0 Å². The summed E-state index contributed by atoms with van der Waals surface area (Å²) in [7, 11) is 0. The molecule has 0 aliphatic carbocycles. The summed E-state index contributed by atoms with van der Waals surface area (Å²) in [6, 6.07) is 14.6. The Morgan fingerprint density at radius 1 is 1.19 bits per heavy atom. The lowest BCUT2D eigenvalue weighted by Crippen LogP contribution is -2.34. The maximum atomic E-state index is 12.0. The van der Waals surface area contributed by atoms with Gasteiger partial charge in [0.15, 0.2) is 5.11 Å². The molecule has 0 radical (unpaired) electrons. The average Bonchev–Trinajstić information content (AvgIpc) is 2.47. The summed E-state index contributed by atoms with van der Waals surface area (Å²) in [6.45, 7) is 2.08. The lowest BCUT2D eigenvalue weighted by molar-refractivity contribution is 0.0977. The number of anilines is 1. The van der Waals surface area contributed by atoms with Crippen LogP contribution in [-0.4, -0.2) is 11.0 Å². The van der Waals surface area contributed by atoms with Crippen molar-refractivity contribution >= 4 is 40.5 Å². The summed E-state index contributed by atoms with van der Waals surface area (Å²) in [5.41, 5.74) is 2.52. The molecule has 2 aromatic carbocycles. The molecular formula is C16H15ClN2OS. The zero-order chi connectivity index (χ0) is 15.2. The van der Waals surface area contributed by atoms with Crippen LogP contribution in [0.4, 0.5) is 5.69 Å². The quantitative estimate of drug-likeness (QED) is 0.840. The summed E-state index contributed by atoms with van der Waals surface area (Å²) in [5, 5.41) is 6.40. The van der Waals surface area contributed by atoms with Crippen molar-refractivity contribution in [2.24, 2.45) is 0 Å². The molecule has 0 aliphatic heterocycles. The van der Waals surface area contributed by atoms with Gasteiger partial charge in [-0.05, 0) is 54.5 Å². The number of nitrogens with one attached hydrogen (secondary N) is 2. The summed E-state index contributed by atoms with van der Waals surface area (Å²) in [5.74, 6) is -0.290. The van der Waals surface area contributed by atoms with Gasteiger partial charge in [0.2, 0.25) is 0 Å². The molecular weight excluding hydrogens is 304 g/mol. The van der Waals surface area contributed by atoms with Crippen LogP contribution in [0.15, 0.2) is 48.5 Å². The Bertz CT molecular complexity index is 673. The number of amides is 1. The first-order valence-electron chi connectivity index (χ1n) is 6.55. The summed E-state index contributed by atoms with van der Waals surface area (Å²) in [4.78, 5) is 12.0. The van der Waals surface area contributed by atoms with Gasteiger partial charge in [-0.3, -0.25) is 10.1 Å². The molecule has 0 atom stereocenters. The number of carbonyl (C=O) groups excluding carboxylic acids is 1. The minimum absolute atomic E-state index is 0.258. The Hall–Kier alpha value is -1.91. The van der Waals surface area contributed by atoms with Crippen LogP contribution in [0.3, 0.4) is 0 Å². The number of thiocarbonyl (C=S) groups is 1. The maximum Gasteiger partial charge on any atom is 0.257 e. The molecule has 0 aliphatic rings. The number of carbonyl (C=O) groups is 1. The summed E-state index contributed by atoms with van der Waals surface area (Å²) in [6.07, 6.45) is 0.942. The van der Waals surface area contributed by atoms with Crippen LogP contribution in [0.25, 0.3) is 0 Å². The minimum Gasteiger partial charge on any atom is -0.332 e. The predicted molar refractivity (Wildman–Crippen MR) is 91.0 cm³/mol. The van der Waals surface area contributed by atoms with Crippen LogP contribution in [0.5, 0.6) is 0 Å². The van der Waals surface area contributed by atoms with Crippen LogP contribution in [0.1, 0.15) is 22.8 Å². The fourth-order valence-corrected chi connectivity index (χ4v) is 2.24. The minimum atomic E-state index is -0.290. The molecule has 0 saturated carbocycles. The number of benzene rings is 2. The third-order valence-corrected chi connectivity index (χ3v) is 3.35. The van der Waals surface area contributed by atoms with E-state index in [4.69, 9.17) is 23.8 Å². The number of hydrogen-bond donors (Lipinski definition) is 2. The molecule has 0 unspecified atom stereocenters. The van der Waals surface area contributed by atoms with Crippen molar-refractivity contribution in [2.75, 3.05) is 5.32 Å². The standard InChI is InChI=1S/C16H15ClN2OS/c1-2-11-5-3-8-14(9-11)18-16(21)19-15(20)12-6-4-7-13(17)10-12/h3-10H,2H2,1H3,(H2,18,19,20,21). The third-order valence-electron chi connectivity index (χ3n) is 2.91. The van der Waals surface area contributed by atoms with Crippen LogP contribution >= 0.6 is 23.8 Å². The van der Waals surface area contributed by atoms with Crippen molar-refractivity contribution < 1.29 is 4.79 Å². The summed E-state index contributed by atoms with van der Waals surface area (Å²) < 4.78 is 0. The molecule has 2 rings (SSSR count). The van der Waals surface area contributed by atoms with Gasteiger partial charge in [0.05, 0.1) is 0 Å². The number of aryl methyl sites for hydroxylation is 1. The fraction of sp³-hybridized carbons (Fsp3) is 0.125. The monoisotopic (exact) mass is 318 g/mol. The van der Waals surface area contributed by atoms with Gasteiger partial charge in [0, 0.05) is 16.3 Å². The van der Waals surface area contributed by atoms with E-state index in [0.717, 1.165) is 12.1 Å². The molecule has 0 aromatic heterocycles. The largest absolute Gasteiger partial charge is 0.332 e. The second-order valence-electron chi connectivity index (χ2n) is 4.47. The van der Waals surface area contributed by atoms with E-state index in [9.17, 15) is 4.79 Å². The zero-order valence-electron chi connectivity index (χ0n) is 11.5. The van der Waals surface area contributed by atoms with Gasteiger partial charge in [0.25, 0.3) is 5.91 Å². The number of rotatable bonds is 3. The van der Waals surface area contributed by atoms with Gasteiger partial charge < -0.3 is 5.32 Å². The molecule has 108 valence electrons. The molecule has 1 amide bonds. The maximum absolute atomic E-state index is 12.0. The second-order valence-corrected chi connectivity index (χ2v) is 5.32. The molecule has 5 heteroatoms. The van der Waals surface area contributed by atoms with E-state index in [1.54, 1.807) is 24.3 Å². The highest BCUT2D eigenvalue weighted by Crippen LogP contribution is 2.12. The van der Waals surface area contributed by atoms with E-state index in [-0.39, 0.29) is 11.0 Å². The summed E-state index contributed by atoms with van der Waals surface area (Å²) >= 11 is 11.0. The molecule has 0 spiro atoms. The van der Waals surface area contributed by atoms with E-state index in [1.165, 1.54) is 5.56 Å². The van der Waals surface area contributed by atoms with Crippen molar-refractivity contribution in [3.8, 4) is 0 Å². The third kappa shape index (κ3) is 4.55. The number of hydrogen-bond acceptors (Lipinski definition) is 2. The molecule has 21 heavy (non-hydrogen) atoms. The van der Waals surface area contributed by atoms with Crippen LogP contribution < -0.4 is 10.6 Å². The van der Waals surface area contributed by atoms with E-state index in [1.807, 2.05) is 24.3 Å². The van der Waals surface area contributed by atoms with Gasteiger partial charge in [-0.25, -0.2) is 0 Å². The van der Waals surface area contributed by atoms with Crippen molar-refractivity contribution in [1.29, 1.82) is 0 Å². The normalized spacial score (nSPS) is 10.0. The highest BCUT2D eigenvalue weighted by atomic mass is 35.5. The van der Waals surface area contributed by atoms with Gasteiger partial charge in [-0.1, -0.05) is 36.7 Å². The topological polar surface area (TPSA) is 41.1 Å². The molecule has 0 heterocycles. The van der Waals surface area contributed by atoms with Gasteiger partial charge >= 0.3 is 0 Å². The first kappa shape index (κ1) is 15.5. The van der Waals surface area contributed by atoms with E-state index in [2.05, 4.69) is 17.6 Å². The van der Waals surface area contributed by atoms with Gasteiger partial charge in [-0.15, -0.1) is 0 Å². The zero-order valence-corrected chi connectivity index (χ0v) is 13.1. The Morgan fingerprint density at radius 3 is 2.67 bits per heavy atom. The Balaban J connectivity index is 1.99. The Morgan fingerprint density at radius 2 is 1.95 bits per heavy atom. The smallest absolute Gasteiger partial charge is 0.257 e. The molecule has 3 nitrogen and oxygen atoms in total. The highest BCUT2D eigenvalue weighted by molar-refractivity contribution is 7.80. The lowest BCUT2D eigenvalue weighted by Gasteiger charge is -2.10. The van der Waals surface area contributed by atoms with Crippen molar-refractivity contribution in [3.63, 3.8) is 0 Å². The SMILES string of the molecule is CCc1cccc(NC(=S)NC(=O)c2cccc(Cl)c2)c1. The first-order valence-corrected chi connectivity index (χ1v) is 7.34. The Kier molecular flexibility index (Phi) is 5.31. The Labute approximate surface area is 134 Å². The van der Waals surface area contributed by atoms with Crippen LogP contribution in [-0.2, 0) is 6.42 Å². The lowest BCUT2D eigenvalue weighted by atomic mass is 10.1. The van der Waals surface area contributed by atoms with Crippen molar-refractivity contribution in [1.82, 2.24) is 5.32 Å². The van der Waals surface area contributed by atoms with Crippen molar-refractivity contribution in [3.05, 3.63) is 64.7 Å². The highest BCUT2D eigenvalue weighted by Gasteiger charge is 2.08. The van der Waals surface area contributed by atoms with Gasteiger partial charge in [0.1, 0.15) is 0 Å². The van der Waals surface area contributed by atoms with Crippen LogP contribution in [0, 0.1) is 0 Å². The predicted octanol–water partition coefficient (Wildman–Crippen LogP) is 4.03. The number of halogens is 1. The van der Waals surface area contributed by atoms with Crippen LogP contribution in [0.2, 0.25) is 5.02 Å². The van der Waals surface area contributed by atoms with E-state index < -0.39 is 0 Å². The average molecular weight is 319 g/mol. The molecule has 0 bridgehead atoms. The first-order chi connectivity index (χ1) is 10.1. The van der Waals surface area contributed by atoms with Crippen molar-refractivity contribution in [2.45, 2.75) is 13.3 Å².